The van der Waals surface area contributed by atoms with Crippen LogP contribution in [0.1, 0.15) is 60.9 Å². The SMILES string of the molecule is Cc1ccc(C(=O)N2CCC(NC(=O)CC3(O)CCCC3)CC2)cc1. The molecule has 2 fully saturated rings. The van der Waals surface area contributed by atoms with E-state index in [1.807, 2.05) is 36.1 Å². The molecule has 1 saturated carbocycles. The van der Waals surface area contributed by atoms with Gasteiger partial charge in [0.25, 0.3) is 5.91 Å². The van der Waals surface area contributed by atoms with Gasteiger partial charge in [-0.25, -0.2) is 0 Å². The predicted octanol–water partition coefficient (Wildman–Crippen LogP) is 2.41. The van der Waals surface area contributed by atoms with Crippen LogP contribution in [0.3, 0.4) is 0 Å². The molecule has 0 spiro atoms. The average Bonchev–Trinajstić information content (AvgIpc) is 3.01. The smallest absolute Gasteiger partial charge is 0.253 e. The highest BCUT2D eigenvalue weighted by Gasteiger charge is 2.34. The summed E-state index contributed by atoms with van der Waals surface area (Å²) in [6.07, 6.45) is 5.19. The van der Waals surface area contributed by atoms with Crippen molar-refractivity contribution in [3.63, 3.8) is 0 Å². The molecule has 0 bridgehead atoms. The minimum Gasteiger partial charge on any atom is -0.389 e. The third-order valence-corrected chi connectivity index (χ3v) is 5.47. The maximum absolute atomic E-state index is 12.5. The number of rotatable bonds is 4. The van der Waals surface area contributed by atoms with E-state index in [0.717, 1.165) is 49.7 Å². The van der Waals surface area contributed by atoms with E-state index in [1.165, 1.54) is 0 Å². The molecule has 5 nitrogen and oxygen atoms in total. The van der Waals surface area contributed by atoms with Crippen molar-refractivity contribution in [3.8, 4) is 0 Å². The summed E-state index contributed by atoms with van der Waals surface area (Å²) in [6, 6.07) is 7.74. The molecule has 136 valence electrons. The molecule has 0 atom stereocenters. The zero-order chi connectivity index (χ0) is 17.9. The van der Waals surface area contributed by atoms with Crippen molar-refractivity contribution in [2.45, 2.75) is 63.5 Å². The highest BCUT2D eigenvalue weighted by molar-refractivity contribution is 5.94. The lowest BCUT2D eigenvalue weighted by atomic mass is 9.96. The number of carbonyl (C=O) groups excluding carboxylic acids is 2. The van der Waals surface area contributed by atoms with Gasteiger partial charge in [-0.2, -0.15) is 0 Å². The number of aryl methyl sites for hydroxylation is 1. The summed E-state index contributed by atoms with van der Waals surface area (Å²) in [7, 11) is 0. The number of hydrogen-bond acceptors (Lipinski definition) is 3. The van der Waals surface area contributed by atoms with Gasteiger partial charge in [-0.1, -0.05) is 30.5 Å². The Morgan fingerprint density at radius 1 is 1.16 bits per heavy atom. The van der Waals surface area contributed by atoms with Crippen LogP contribution in [-0.4, -0.2) is 46.6 Å². The highest BCUT2D eigenvalue weighted by Crippen LogP contribution is 2.32. The summed E-state index contributed by atoms with van der Waals surface area (Å²) in [5, 5.41) is 13.4. The van der Waals surface area contributed by atoms with Crippen molar-refractivity contribution in [2.75, 3.05) is 13.1 Å². The number of nitrogens with zero attached hydrogens (tertiary/aromatic N) is 1. The fraction of sp³-hybridized carbons (Fsp3) is 0.600. The van der Waals surface area contributed by atoms with Gasteiger partial charge < -0.3 is 15.3 Å². The van der Waals surface area contributed by atoms with Crippen LogP contribution in [0.5, 0.6) is 0 Å². The number of aliphatic hydroxyl groups is 1. The van der Waals surface area contributed by atoms with Crippen molar-refractivity contribution in [2.24, 2.45) is 0 Å². The van der Waals surface area contributed by atoms with Crippen LogP contribution in [0.2, 0.25) is 0 Å². The van der Waals surface area contributed by atoms with Crippen LogP contribution in [0.25, 0.3) is 0 Å². The molecule has 1 aliphatic carbocycles. The lowest BCUT2D eigenvalue weighted by Gasteiger charge is -2.33. The maximum Gasteiger partial charge on any atom is 0.253 e. The van der Waals surface area contributed by atoms with E-state index in [-0.39, 0.29) is 24.3 Å². The van der Waals surface area contributed by atoms with Crippen LogP contribution < -0.4 is 5.32 Å². The van der Waals surface area contributed by atoms with Crippen LogP contribution in [0.4, 0.5) is 0 Å². The van der Waals surface area contributed by atoms with E-state index in [4.69, 9.17) is 0 Å². The molecule has 25 heavy (non-hydrogen) atoms. The van der Waals surface area contributed by atoms with Crippen LogP contribution >= 0.6 is 0 Å². The Bertz CT molecular complexity index is 612. The Hall–Kier alpha value is -1.88. The molecule has 2 aliphatic rings. The Labute approximate surface area is 149 Å². The number of amides is 2. The molecule has 3 rings (SSSR count). The monoisotopic (exact) mass is 344 g/mol. The average molecular weight is 344 g/mol. The second-order valence-corrected chi connectivity index (χ2v) is 7.61. The number of nitrogens with one attached hydrogen (secondary N) is 1. The highest BCUT2D eigenvalue weighted by atomic mass is 16.3. The van der Waals surface area contributed by atoms with Crippen molar-refractivity contribution in [3.05, 3.63) is 35.4 Å². The van der Waals surface area contributed by atoms with E-state index < -0.39 is 5.60 Å². The zero-order valence-corrected chi connectivity index (χ0v) is 15.0. The molecule has 1 aromatic rings. The summed E-state index contributed by atoms with van der Waals surface area (Å²) in [6.45, 7) is 3.31. The first-order valence-electron chi connectivity index (χ1n) is 9.33. The van der Waals surface area contributed by atoms with Crippen molar-refractivity contribution in [1.29, 1.82) is 0 Å². The topological polar surface area (TPSA) is 69.6 Å². The fourth-order valence-electron chi connectivity index (χ4n) is 3.89. The Kier molecular flexibility index (Phi) is 5.42. The minimum atomic E-state index is -0.799. The molecule has 2 N–H and O–H groups in total. The quantitative estimate of drug-likeness (QED) is 0.881. The van der Waals surface area contributed by atoms with Crippen LogP contribution in [-0.2, 0) is 4.79 Å². The molecular weight excluding hydrogens is 316 g/mol. The van der Waals surface area contributed by atoms with Crippen molar-refractivity contribution in [1.82, 2.24) is 10.2 Å². The molecule has 1 heterocycles. The minimum absolute atomic E-state index is 0.0602. The standard InChI is InChI=1S/C20H28N2O3/c1-15-4-6-16(7-5-15)19(24)22-12-8-17(9-13-22)21-18(23)14-20(25)10-2-3-11-20/h4-7,17,25H,2-3,8-14H2,1H3,(H,21,23). The number of carbonyl (C=O) groups is 2. The van der Waals surface area contributed by atoms with Gasteiger partial charge in [-0.15, -0.1) is 0 Å². The van der Waals surface area contributed by atoms with Gasteiger partial charge in [-0.3, -0.25) is 9.59 Å². The molecule has 1 aromatic carbocycles. The molecule has 0 radical (unpaired) electrons. The van der Waals surface area contributed by atoms with E-state index in [9.17, 15) is 14.7 Å². The van der Waals surface area contributed by atoms with Crippen LogP contribution in [0.15, 0.2) is 24.3 Å². The summed E-state index contributed by atoms with van der Waals surface area (Å²) < 4.78 is 0. The fourth-order valence-corrected chi connectivity index (χ4v) is 3.89. The zero-order valence-electron chi connectivity index (χ0n) is 15.0. The second-order valence-electron chi connectivity index (χ2n) is 7.61. The van der Waals surface area contributed by atoms with Gasteiger partial charge in [0, 0.05) is 24.7 Å². The lowest BCUT2D eigenvalue weighted by molar-refractivity contribution is -0.126. The van der Waals surface area contributed by atoms with Crippen molar-refractivity contribution >= 4 is 11.8 Å². The number of likely N-dealkylation sites (tertiary alicyclic amines) is 1. The Morgan fingerprint density at radius 3 is 2.36 bits per heavy atom. The van der Waals surface area contributed by atoms with E-state index in [1.54, 1.807) is 0 Å². The van der Waals surface area contributed by atoms with Crippen molar-refractivity contribution < 1.29 is 14.7 Å². The number of benzene rings is 1. The first kappa shape index (κ1) is 17.9. The Morgan fingerprint density at radius 2 is 1.76 bits per heavy atom. The molecule has 2 amide bonds. The molecule has 0 unspecified atom stereocenters. The summed E-state index contributed by atoms with van der Waals surface area (Å²) in [4.78, 5) is 26.6. The third-order valence-electron chi connectivity index (χ3n) is 5.47. The Balaban J connectivity index is 1.46. The largest absolute Gasteiger partial charge is 0.389 e. The third kappa shape index (κ3) is 4.60. The number of hydrogen-bond donors (Lipinski definition) is 2. The summed E-state index contributed by atoms with van der Waals surface area (Å²) >= 11 is 0. The van der Waals surface area contributed by atoms with Gasteiger partial charge in [0.15, 0.2) is 0 Å². The molecule has 0 aromatic heterocycles. The van der Waals surface area contributed by atoms with E-state index in [0.29, 0.717) is 13.1 Å². The second kappa shape index (κ2) is 7.56. The predicted molar refractivity (Wildman–Crippen MR) is 96.3 cm³/mol. The molecule has 1 aliphatic heterocycles. The summed E-state index contributed by atoms with van der Waals surface area (Å²) in [5.41, 5.74) is 1.06. The van der Waals surface area contributed by atoms with Gasteiger partial charge in [0.05, 0.1) is 12.0 Å². The van der Waals surface area contributed by atoms with E-state index in [2.05, 4.69) is 5.32 Å². The number of piperidine rings is 1. The molecule has 5 heteroatoms. The van der Waals surface area contributed by atoms with Gasteiger partial charge in [0.1, 0.15) is 0 Å². The maximum atomic E-state index is 12.5. The van der Waals surface area contributed by atoms with Crippen LogP contribution in [0, 0.1) is 6.92 Å². The lowest BCUT2D eigenvalue weighted by Crippen LogP contribution is -2.47. The molecular formula is C20H28N2O3. The normalized spacial score (nSPS) is 20.5. The summed E-state index contributed by atoms with van der Waals surface area (Å²) in [5.74, 6) is -0.00208. The van der Waals surface area contributed by atoms with Gasteiger partial charge in [0.2, 0.25) is 5.91 Å². The first-order valence-corrected chi connectivity index (χ1v) is 9.33. The van der Waals surface area contributed by atoms with Gasteiger partial charge >= 0.3 is 0 Å². The van der Waals surface area contributed by atoms with E-state index >= 15 is 0 Å². The molecule has 1 saturated heterocycles. The van der Waals surface area contributed by atoms with Gasteiger partial charge in [-0.05, 0) is 44.7 Å². The first-order chi connectivity index (χ1) is 12.0.